The van der Waals surface area contributed by atoms with Gasteiger partial charge in [-0.05, 0) is 79.9 Å². The fraction of sp³-hybridized carbons (Fsp3) is 0.174. The van der Waals surface area contributed by atoms with E-state index in [1.165, 1.54) is 12.1 Å². The van der Waals surface area contributed by atoms with Gasteiger partial charge in [-0.25, -0.2) is 0 Å². The van der Waals surface area contributed by atoms with Crippen molar-refractivity contribution in [3.8, 4) is 16.9 Å². The van der Waals surface area contributed by atoms with E-state index in [-0.39, 0.29) is 11.7 Å². The minimum Gasteiger partial charge on any atom is -0.405 e. The van der Waals surface area contributed by atoms with Crippen molar-refractivity contribution in [3.05, 3.63) is 81.9 Å². The monoisotopic (exact) mass is 433 g/mol. The highest BCUT2D eigenvalue weighted by molar-refractivity contribution is 6.31. The molecule has 0 unspecified atom stereocenters. The first kappa shape index (κ1) is 21.7. The molecule has 0 saturated heterocycles. The second-order valence-electron chi connectivity index (χ2n) is 6.98. The van der Waals surface area contributed by atoms with E-state index in [1.54, 1.807) is 49.4 Å². The number of amides is 1. The Morgan fingerprint density at radius 1 is 0.967 bits per heavy atom. The smallest absolute Gasteiger partial charge is 0.405 e. The van der Waals surface area contributed by atoms with E-state index in [9.17, 15) is 18.0 Å². The molecule has 0 aromatic heterocycles. The van der Waals surface area contributed by atoms with Crippen LogP contribution in [-0.4, -0.2) is 12.3 Å². The summed E-state index contributed by atoms with van der Waals surface area (Å²) in [4.78, 5) is 12.6. The normalized spacial score (nSPS) is 11.3. The van der Waals surface area contributed by atoms with Crippen molar-refractivity contribution in [2.24, 2.45) is 0 Å². The van der Waals surface area contributed by atoms with E-state index in [4.69, 9.17) is 11.6 Å². The average Bonchev–Trinajstić information content (AvgIpc) is 2.65. The molecule has 0 aliphatic carbocycles. The summed E-state index contributed by atoms with van der Waals surface area (Å²) in [6.07, 6.45) is -4.81. The van der Waals surface area contributed by atoms with Crippen LogP contribution in [-0.2, 0) is 0 Å². The van der Waals surface area contributed by atoms with Crippen molar-refractivity contribution < 1.29 is 22.7 Å². The van der Waals surface area contributed by atoms with Crippen molar-refractivity contribution in [2.75, 3.05) is 5.32 Å². The van der Waals surface area contributed by atoms with Crippen molar-refractivity contribution in [3.63, 3.8) is 0 Å². The maximum Gasteiger partial charge on any atom is 0.573 e. The standard InChI is InChI=1S/C23H19ClF3NO2/c1-13-7-8-21(30-23(25,26)27)20(9-13)19-12-18(10-14(2)15(19)3)28-22(29)16-5-4-6-17(24)11-16/h4-12H,1-3H3,(H,28,29). The summed E-state index contributed by atoms with van der Waals surface area (Å²) < 4.78 is 42.9. The van der Waals surface area contributed by atoms with Crippen LogP contribution in [0.5, 0.6) is 5.75 Å². The molecule has 0 fully saturated rings. The minimum atomic E-state index is -4.81. The van der Waals surface area contributed by atoms with Gasteiger partial charge in [0.1, 0.15) is 5.75 Å². The van der Waals surface area contributed by atoms with Gasteiger partial charge < -0.3 is 10.1 Å². The fourth-order valence-corrected chi connectivity index (χ4v) is 3.30. The molecule has 30 heavy (non-hydrogen) atoms. The molecule has 156 valence electrons. The molecular formula is C23H19ClF3NO2. The summed E-state index contributed by atoms with van der Waals surface area (Å²) in [5.41, 5.74) is 4.05. The number of alkyl halides is 3. The van der Waals surface area contributed by atoms with Gasteiger partial charge in [-0.3, -0.25) is 4.79 Å². The van der Waals surface area contributed by atoms with E-state index in [0.717, 1.165) is 16.7 Å². The average molecular weight is 434 g/mol. The lowest BCUT2D eigenvalue weighted by atomic mass is 9.94. The van der Waals surface area contributed by atoms with Crippen molar-refractivity contribution >= 4 is 23.2 Å². The zero-order chi connectivity index (χ0) is 22.1. The summed E-state index contributed by atoms with van der Waals surface area (Å²) in [7, 11) is 0. The first-order valence-electron chi connectivity index (χ1n) is 9.08. The van der Waals surface area contributed by atoms with Gasteiger partial charge in [-0.1, -0.05) is 29.3 Å². The maximum absolute atomic E-state index is 12.9. The van der Waals surface area contributed by atoms with Crippen LogP contribution in [0.4, 0.5) is 18.9 Å². The van der Waals surface area contributed by atoms with Crippen LogP contribution in [0.25, 0.3) is 11.1 Å². The Morgan fingerprint density at radius 3 is 2.37 bits per heavy atom. The Labute approximate surface area is 177 Å². The van der Waals surface area contributed by atoms with Crippen LogP contribution in [0.1, 0.15) is 27.0 Å². The van der Waals surface area contributed by atoms with E-state index >= 15 is 0 Å². The van der Waals surface area contributed by atoms with Crippen LogP contribution in [0, 0.1) is 20.8 Å². The number of halogens is 4. The number of carbonyl (C=O) groups excluding carboxylic acids is 1. The number of anilines is 1. The number of carbonyl (C=O) groups is 1. The summed E-state index contributed by atoms with van der Waals surface area (Å²) >= 11 is 5.94. The van der Waals surface area contributed by atoms with Crippen LogP contribution in [0.2, 0.25) is 5.02 Å². The van der Waals surface area contributed by atoms with Crippen LogP contribution >= 0.6 is 11.6 Å². The van der Waals surface area contributed by atoms with E-state index in [2.05, 4.69) is 10.1 Å². The van der Waals surface area contributed by atoms with Gasteiger partial charge in [-0.2, -0.15) is 0 Å². The lowest BCUT2D eigenvalue weighted by Crippen LogP contribution is -2.17. The highest BCUT2D eigenvalue weighted by Gasteiger charge is 2.32. The van der Waals surface area contributed by atoms with Gasteiger partial charge in [0.15, 0.2) is 0 Å². The number of rotatable bonds is 4. The van der Waals surface area contributed by atoms with Gasteiger partial charge in [0, 0.05) is 21.8 Å². The Bertz CT molecular complexity index is 1110. The molecule has 3 rings (SSSR count). The van der Waals surface area contributed by atoms with Gasteiger partial charge in [-0.15, -0.1) is 13.2 Å². The van der Waals surface area contributed by atoms with Crippen LogP contribution < -0.4 is 10.1 Å². The quantitative estimate of drug-likeness (QED) is 0.477. The zero-order valence-corrected chi connectivity index (χ0v) is 17.3. The van der Waals surface area contributed by atoms with Gasteiger partial charge >= 0.3 is 6.36 Å². The van der Waals surface area contributed by atoms with Crippen molar-refractivity contribution in [1.82, 2.24) is 0 Å². The molecule has 0 atom stereocenters. The summed E-state index contributed by atoms with van der Waals surface area (Å²) in [5.74, 6) is -0.670. The SMILES string of the molecule is Cc1ccc(OC(F)(F)F)c(-c2cc(NC(=O)c3cccc(Cl)c3)cc(C)c2C)c1. The maximum atomic E-state index is 12.9. The molecule has 0 aliphatic rings. The molecule has 0 heterocycles. The Balaban J connectivity index is 2.04. The van der Waals surface area contributed by atoms with Crippen molar-refractivity contribution in [2.45, 2.75) is 27.1 Å². The number of aryl methyl sites for hydroxylation is 2. The molecule has 3 aromatic rings. The fourth-order valence-electron chi connectivity index (χ4n) is 3.11. The lowest BCUT2D eigenvalue weighted by molar-refractivity contribution is -0.274. The van der Waals surface area contributed by atoms with Crippen molar-refractivity contribution in [1.29, 1.82) is 0 Å². The molecule has 0 radical (unpaired) electrons. The number of benzene rings is 3. The first-order chi connectivity index (χ1) is 14.0. The lowest BCUT2D eigenvalue weighted by Gasteiger charge is -2.18. The molecule has 1 N–H and O–H groups in total. The third-order valence-electron chi connectivity index (χ3n) is 4.66. The van der Waals surface area contributed by atoms with Gasteiger partial charge in [0.2, 0.25) is 0 Å². The molecule has 0 bridgehead atoms. The number of nitrogens with one attached hydrogen (secondary N) is 1. The zero-order valence-electron chi connectivity index (χ0n) is 16.5. The largest absolute Gasteiger partial charge is 0.573 e. The van der Waals surface area contributed by atoms with Crippen LogP contribution in [0.15, 0.2) is 54.6 Å². The molecule has 1 amide bonds. The third-order valence-corrected chi connectivity index (χ3v) is 4.90. The third kappa shape index (κ3) is 5.13. The first-order valence-corrected chi connectivity index (χ1v) is 9.46. The molecule has 0 saturated carbocycles. The summed E-state index contributed by atoms with van der Waals surface area (Å²) in [6, 6.07) is 14.4. The predicted molar refractivity (Wildman–Crippen MR) is 112 cm³/mol. The van der Waals surface area contributed by atoms with E-state index in [1.807, 2.05) is 13.8 Å². The molecule has 7 heteroatoms. The Hall–Kier alpha value is -2.99. The van der Waals surface area contributed by atoms with Gasteiger partial charge in [0.25, 0.3) is 5.91 Å². The molecule has 0 spiro atoms. The van der Waals surface area contributed by atoms with E-state index < -0.39 is 6.36 Å². The number of hydrogen-bond acceptors (Lipinski definition) is 2. The summed E-state index contributed by atoms with van der Waals surface area (Å²) in [5, 5.41) is 3.21. The van der Waals surface area contributed by atoms with Gasteiger partial charge in [0.05, 0.1) is 0 Å². The minimum absolute atomic E-state index is 0.297. The second-order valence-corrected chi connectivity index (χ2v) is 7.41. The number of hydrogen-bond donors (Lipinski definition) is 1. The number of ether oxygens (including phenoxy) is 1. The predicted octanol–water partition coefficient (Wildman–Crippen LogP) is 7.08. The molecule has 3 aromatic carbocycles. The summed E-state index contributed by atoms with van der Waals surface area (Å²) in [6.45, 7) is 5.43. The highest BCUT2D eigenvalue weighted by Crippen LogP contribution is 2.38. The Morgan fingerprint density at radius 2 is 1.70 bits per heavy atom. The van der Waals surface area contributed by atoms with Crippen LogP contribution in [0.3, 0.4) is 0 Å². The Kier molecular flexibility index (Phi) is 6.08. The topological polar surface area (TPSA) is 38.3 Å². The second kappa shape index (κ2) is 8.40. The van der Waals surface area contributed by atoms with E-state index in [0.29, 0.717) is 27.4 Å². The molecule has 3 nitrogen and oxygen atoms in total. The molecular weight excluding hydrogens is 415 g/mol. The highest BCUT2D eigenvalue weighted by atomic mass is 35.5. The molecule has 0 aliphatic heterocycles.